The third-order valence-corrected chi connectivity index (χ3v) is 18.3. The number of carbonyl (C=O) groups is 8. The number of allylic oxidation sites excluding steroid dienone is 4. The lowest BCUT2D eigenvalue weighted by Crippen LogP contribution is -2.67. The first-order chi connectivity index (χ1) is 39.5. The molecule has 0 bridgehead atoms. The standard InChI is InChI=1S/C63H85N7O12/c1-41(71)49-11-7-12-54(59(49)42(2)72)64-24-9-31-79-33-35-81-36-34-80-32-10-26-66(6)61(77)55-39-68(44(4)74)28-30-70(55)62(78)56-40-67(43(3)73)27-29-69(56)58(76)13-8-25-65(5)47-17-14-45(15-18-47)52-38-63-53(22-23-57(63)82-63)51-20-16-46-37-48(75)19-21-50(46)60(51)52/h7,11-12,14-15,17-18,37,51-53,55-57,64H,8-10,13,16,19-36,38-40H2,1-6H3. The van der Waals surface area contributed by atoms with Crippen LogP contribution < -0.4 is 10.2 Å². The van der Waals surface area contributed by atoms with Crippen LogP contribution in [0.1, 0.15) is 131 Å². The van der Waals surface area contributed by atoms with E-state index in [1.165, 1.54) is 55.7 Å². The van der Waals surface area contributed by atoms with Crippen LogP contribution in [0.2, 0.25) is 0 Å². The number of rotatable bonds is 25. The zero-order valence-corrected chi connectivity index (χ0v) is 49.0. The van der Waals surface area contributed by atoms with E-state index in [2.05, 4.69) is 34.5 Å². The van der Waals surface area contributed by atoms with Crippen molar-refractivity contribution in [2.24, 2.45) is 11.8 Å². The zero-order valence-electron chi connectivity index (χ0n) is 49.0. The van der Waals surface area contributed by atoms with Crippen LogP contribution in [0.3, 0.4) is 0 Å². The molecule has 0 radical (unpaired) electrons. The molecule has 2 saturated carbocycles. The lowest BCUT2D eigenvalue weighted by atomic mass is 9.58. The minimum Gasteiger partial charge on any atom is -0.384 e. The van der Waals surface area contributed by atoms with Gasteiger partial charge in [-0.1, -0.05) is 29.8 Å². The first-order valence-electron chi connectivity index (χ1n) is 29.9. The number of nitrogens with zero attached hydrogens (tertiary/aromatic N) is 6. The zero-order chi connectivity index (χ0) is 58.2. The monoisotopic (exact) mass is 1130 g/mol. The molecule has 9 rings (SSSR count). The molecule has 3 aliphatic heterocycles. The van der Waals surface area contributed by atoms with Gasteiger partial charge >= 0.3 is 0 Å². The van der Waals surface area contributed by atoms with Gasteiger partial charge in [-0.25, -0.2) is 0 Å². The van der Waals surface area contributed by atoms with Crippen LogP contribution in [-0.4, -0.2) is 208 Å². The molecule has 2 aromatic rings. The predicted molar refractivity (Wildman–Crippen MR) is 308 cm³/mol. The molecule has 7 aliphatic rings. The summed E-state index contributed by atoms with van der Waals surface area (Å²) in [5.41, 5.74) is 8.00. The number of benzene rings is 2. The minimum absolute atomic E-state index is 0.00704. The Kier molecular flexibility index (Phi) is 19.8. The molecule has 7 unspecified atom stereocenters. The van der Waals surface area contributed by atoms with E-state index in [-0.39, 0.29) is 91.6 Å². The number of piperazine rings is 2. The molecule has 82 heavy (non-hydrogen) atoms. The molecule has 19 nitrogen and oxygen atoms in total. The summed E-state index contributed by atoms with van der Waals surface area (Å²) in [4.78, 5) is 115. The van der Waals surface area contributed by atoms with Crippen molar-refractivity contribution in [2.45, 2.75) is 128 Å². The first kappa shape index (κ1) is 60.3. The quantitative estimate of drug-likeness (QED) is 0.0703. The molecule has 444 valence electrons. The summed E-state index contributed by atoms with van der Waals surface area (Å²) in [6, 6.07) is 12.1. The van der Waals surface area contributed by atoms with E-state index >= 15 is 0 Å². The summed E-state index contributed by atoms with van der Waals surface area (Å²) in [7, 11) is 3.69. The molecule has 3 heterocycles. The van der Waals surface area contributed by atoms with E-state index in [0.29, 0.717) is 126 Å². The number of epoxide rings is 1. The largest absolute Gasteiger partial charge is 0.384 e. The second-order valence-electron chi connectivity index (χ2n) is 23.5. The van der Waals surface area contributed by atoms with Gasteiger partial charge in [0.15, 0.2) is 17.3 Å². The second-order valence-corrected chi connectivity index (χ2v) is 23.5. The van der Waals surface area contributed by atoms with Gasteiger partial charge in [0.2, 0.25) is 29.5 Å². The number of hydrogen-bond donors (Lipinski definition) is 1. The first-order valence-corrected chi connectivity index (χ1v) is 29.9. The Balaban J connectivity index is 0.723. The molecule has 5 amide bonds. The second kappa shape index (κ2) is 27.0. The van der Waals surface area contributed by atoms with Gasteiger partial charge in [0.1, 0.15) is 12.1 Å². The average molecular weight is 1130 g/mol. The molecular formula is C63H85N7O12. The van der Waals surface area contributed by atoms with Crippen LogP contribution in [-0.2, 0) is 47.7 Å². The Morgan fingerprint density at radius 3 is 2.05 bits per heavy atom. The molecule has 1 spiro atoms. The highest BCUT2D eigenvalue weighted by atomic mass is 16.6. The number of ketones is 3. The smallest absolute Gasteiger partial charge is 0.248 e. The van der Waals surface area contributed by atoms with Crippen molar-refractivity contribution in [3.05, 3.63) is 82.0 Å². The van der Waals surface area contributed by atoms with Crippen molar-refractivity contribution in [2.75, 3.05) is 123 Å². The summed E-state index contributed by atoms with van der Waals surface area (Å²) in [6.07, 6.45) is 11.1. The molecular weight excluding hydrogens is 1050 g/mol. The molecule has 1 N–H and O–H groups in total. The minimum atomic E-state index is -0.993. The lowest BCUT2D eigenvalue weighted by molar-refractivity contribution is -0.160. The van der Waals surface area contributed by atoms with E-state index in [1.54, 1.807) is 50.4 Å². The highest BCUT2D eigenvalue weighted by molar-refractivity contribution is 6.10. The molecule has 19 heteroatoms. The summed E-state index contributed by atoms with van der Waals surface area (Å²) in [6.45, 7) is 10.5. The van der Waals surface area contributed by atoms with E-state index in [0.717, 1.165) is 37.8 Å². The summed E-state index contributed by atoms with van der Waals surface area (Å²) in [5.74, 6) is -0.0988. The maximum Gasteiger partial charge on any atom is 0.248 e. The maximum absolute atomic E-state index is 14.8. The highest BCUT2D eigenvalue weighted by Crippen LogP contribution is 2.68. The number of anilines is 2. The number of fused-ring (bicyclic) bond motifs is 3. The van der Waals surface area contributed by atoms with Crippen molar-refractivity contribution in [1.29, 1.82) is 0 Å². The number of amides is 5. The Labute approximate surface area is 483 Å². The fourth-order valence-electron chi connectivity index (χ4n) is 14.0. The molecule has 5 fully saturated rings. The number of Topliss-reactive ketones (excluding diaryl/α,β-unsaturated/α-hetero) is 2. The predicted octanol–water partition coefficient (Wildman–Crippen LogP) is 5.86. The van der Waals surface area contributed by atoms with Gasteiger partial charge in [-0.15, -0.1) is 0 Å². The van der Waals surface area contributed by atoms with Gasteiger partial charge in [-0.3, -0.25) is 38.4 Å². The van der Waals surface area contributed by atoms with Gasteiger partial charge in [0.25, 0.3) is 0 Å². The van der Waals surface area contributed by atoms with E-state index in [1.807, 2.05) is 13.1 Å². The number of carbonyl (C=O) groups excluding carboxylic acids is 8. The van der Waals surface area contributed by atoms with Crippen LogP contribution in [0.4, 0.5) is 11.4 Å². The van der Waals surface area contributed by atoms with E-state index < -0.39 is 18.0 Å². The normalized spacial score (nSPS) is 24.7. The Bertz CT molecular complexity index is 2800. The summed E-state index contributed by atoms with van der Waals surface area (Å²) >= 11 is 0. The van der Waals surface area contributed by atoms with E-state index in [9.17, 15) is 38.4 Å². The van der Waals surface area contributed by atoms with E-state index in [4.69, 9.17) is 18.9 Å². The third-order valence-electron chi connectivity index (χ3n) is 18.3. The van der Waals surface area contributed by atoms with Crippen molar-refractivity contribution < 1.29 is 57.3 Å². The Morgan fingerprint density at radius 2 is 1.38 bits per heavy atom. The third kappa shape index (κ3) is 13.5. The van der Waals surface area contributed by atoms with Gasteiger partial charge in [-0.05, 0) is 124 Å². The summed E-state index contributed by atoms with van der Waals surface area (Å²) in [5, 5.41) is 3.23. The number of hydrogen-bond acceptors (Lipinski definition) is 14. The van der Waals surface area contributed by atoms with Crippen molar-refractivity contribution in [1.82, 2.24) is 24.5 Å². The van der Waals surface area contributed by atoms with Crippen molar-refractivity contribution in [3.8, 4) is 0 Å². The Morgan fingerprint density at radius 1 is 0.707 bits per heavy atom. The lowest BCUT2D eigenvalue weighted by Gasteiger charge is -2.46. The fourth-order valence-corrected chi connectivity index (χ4v) is 14.0. The van der Waals surface area contributed by atoms with Crippen LogP contribution in [0.15, 0.2) is 65.3 Å². The highest BCUT2D eigenvalue weighted by Gasteiger charge is 2.70. The van der Waals surface area contributed by atoms with Gasteiger partial charge in [0.05, 0.1) is 56.8 Å². The van der Waals surface area contributed by atoms with Crippen LogP contribution in [0.5, 0.6) is 0 Å². The number of nitrogens with one attached hydrogen (secondary N) is 1. The molecule has 3 saturated heterocycles. The number of likely N-dealkylation sites (N-methyl/N-ethyl adjacent to an activating group) is 1. The van der Waals surface area contributed by atoms with Crippen LogP contribution >= 0.6 is 0 Å². The maximum atomic E-state index is 14.8. The van der Waals surface area contributed by atoms with Gasteiger partial charge in [-0.2, -0.15) is 0 Å². The van der Waals surface area contributed by atoms with Crippen molar-refractivity contribution in [3.63, 3.8) is 0 Å². The molecule has 2 aromatic carbocycles. The molecule has 0 aromatic heterocycles. The SMILES string of the molecule is CC(=O)c1cccc(NCCCOCCOCCOCCCN(C)C(=O)C2CN(C(C)=O)CCN2C(=O)C2CN(C(C)=O)CCN2C(=O)CCCN(C)c2ccc(C3CC45OC4CCC5C4CCC5=CC(=O)CCC5=C34)cc2)c1C(C)=O. The number of ether oxygens (including phenoxy) is 4. The summed E-state index contributed by atoms with van der Waals surface area (Å²) < 4.78 is 23.6. The van der Waals surface area contributed by atoms with Crippen LogP contribution in [0, 0.1) is 11.8 Å². The molecule has 4 aliphatic carbocycles. The average Bonchev–Trinajstić information content (AvgIpc) is 2.37. The Hall–Kier alpha value is -6.28. The van der Waals surface area contributed by atoms with Crippen LogP contribution in [0.25, 0.3) is 0 Å². The van der Waals surface area contributed by atoms with Gasteiger partial charge in [0, 0.05) is 123 Å². The van der Waals surface area contributed by atoms with Crippen molar-refractivity contribution >= 4 is 58.3 Å². The van der Waals surface area contributed by atoms with Gasteiger partial charge < -0.3 is 53.7 Å². The molecule has 7 atom stereocenters. The fraction of sp³-hybridized carbons (Fsp3) is 0.619. The topological polar surface area (TPSA) is 208 Å².